The molecule has 112 valence electrons. The van der Waals surface area contributed by atoms with Crippen molar-refractivity contribution in [2.24, 2.45) is 0 Å². The lowest BCUT2D eigenvalue weighted by atomic mass is 10.0. The lowest BCUT2D eigenvalue weighted by Gasteiger charge is -2.21. The van der Waals surface area contributed by atoms with Crippen molar-refractivity contribution in [2.75, 3.05) is 19.8 Å². The summed E-state index contributed by atoms with van der Waals surface area (Å²) >= 11 is 5.83. The fourth-order valence-corrected chi connectivity index (χ4v) is 2.53. The van der Waals surface area contributed by atoms with E-state index in [0.29, 0.717) is 31.6 Å². The Balaban J connectivity index is 1.99. The van der Waals surface area contributed by atoms with E-state index in [1.165, 1.54) is 0 Å². The zero-order valence-corrected chi connectivity index (χ0v) is 12.5. The Kier molecular flexibility index (Phi) is 6.23. The molecule has 1 saturated heterocycles. The summed E-state index contributed by atoms with van der Waals surface area (Å²) in [5.41, 5.74) is 0.629. The summed E-state index contributed by atoms with van der Waals surface area (Å²) in [6.45, 7) is 4.26. The lowest BCUT2D eigenvalue weighted by molar-refractivity contribution is -0.0526. The van der Waals surface area contributed by atoms with Gasteiger partial charge in [-0.15, -0.1) is 0 Å². The van der Waals surface area contributed by atoms with E-state index in [9.17, 15) is 4.39 Å². The Morgan fingerprint density at radius 2 is 2.15 bits per heavy atom. The Morgan fingerprint density at radius 1 is 1.40 bits per heavy atom. The van der Waals surface area contributed by atoms with Gasteiger partial charge in [0.05, 0.1) is 18.2 Å². The molecule has 0 spiro atoms. The molecule has 5 heteroatoms. The second-order valence-electron chi connectivity index (χ2n) is 4.97. The van der Waals surface area contributed by atoms with E-state index in [-0.39, 0.29) is 23.2 Å². The molecule has 1 aromatic carbocycles. The largest absolute Gasteiger partial charge is 0.350 e. The van der Waals surface area contributed by atoms with Crippen LogP contribution in [0.2, 0.25) is 5.02 Å². The fraction of sp³-hybridized carbons (Fsp3) is 0.600. The molecule has 0 saturated carbocycles. The van der Waals surface area contributed by atoms with E-state index in [4.69, 9.17) is 21.1 Å². The van der Waals surface area contributed by atoms with Crippen molar-refractivity contribution in [3.8, 4) is 0 Å². The van der Waals surface area contributed by atoms with Crippen molar-refractivity contribution in [2.45, 2.75) is 38.5 Å². The average molecular weight is 302 g/mol. The maximum Gasteiger partial charge on any atom is 0.159 e. The van der Waals surface area contributed by atoms with E-state index in [1.807, 2.05) is 0 Å². The van der Waals surface area contributed by atoms with Crippen LogP contribution in [0.25, 0.3) is 0 Å². The van der Waals surface area contributed by atoms with Crippen LogP contribution in [-0.2, 0) is 15.9 Å². The van der Waals surface area contributed by atoms with Crippen LogP contribution in [0.4, 0.5) is 4.39 Å². The summed E-state index contributed by atoms with van der Waals surface area (Å²) in [4.78, 5) is 0. The van der Waals surface area contributed by atoms with E-state index in [0.717, 1.165) is 13.0 Å². The molecule has 20 heavy (non-hydrogen) atoms. The maximum atomic E-state index is 14.0. The highest BCUT2D eigenvalue weighted by Crippen LogP contribution is 2.21. The molecule has 0 amide bonds. The zero-order chi connectivity index (χ0) is 14.4. The highest BCUT2D eigenvalue weighted by atomic mass is 35.5. The number of nitrogens with one attached hydrogen (secondary N) is 1. The smallest absolute Gasteiger partial charge is 0.159 e. The predicted molar refractivity (Wildman–Crippen MR) is 77.5 cm³/mol. The van der Waals surface area contributed by atoms with Crippen LogP contribution in [0.3, 0.4) is 0 Å². The van der Waals surface area contributed by atoms with Crippen LogP contribution in [0.1, 0.15) is 25.3 Å². The maximum absolute atomic E-state index is 14.0. The van der Waals surface area contributed by atoms with Crippen LogP contribution >= 0.6 is 11.6 Å². The number of rotatable bonds is 7. The van der Waals surface area contributed by atoms with Crippen LogP contribution in [0.15, 0.2) is 18.2 Å². The first-order valence-electron chi connectivity index (χ1n) is 7.10. The van der Waals surface area contributed by atoms with Gasteiger partial charge in [0.1, 0.15) is 5.82 Å². The van der Waals surface area contributed by atoms with Crippen LogP contribution < -0.4 is 5.32 Å². The van der Waals surface area contributed by atoms with Gasteiger partial charge in [0.2, 0.25) is 0 Å². The fourth-order valence-electron chi connectivity index (χ4n) is 2.33. The Hall–Kier alpha value is -0.680. The molecule has 1 unspecified atom stereocenters. The standard InChI is InChI=1S/C15H21ClFNO2/c1-2-6-18-12(10-14-19-7-8-20-14)9-11-4-3-5-13(16)15(11)17/h3-5,12,14,18H,2,6-10H2,1H3. The molecule has 1 aliphatic heterocycles. The molecule has 0 aliphatic carbocycles. The third kappa shape index (κ3) is 4.42. The van der Waals surface area contributed by atoms with Gasteiger partial charge in [-0.3, -0.25) is 0 Å². The Bertz CT molecular complexity index is 424. The van der Waals surface area contributed by atoms with Gasteiger partial charge in [-0.25, -0.2) is 4.39 Å². The Labute approximate surface area is 124 Å². The highest BCUT2D eigenvalue weighted by Gasteiger charge is 2.22. The van der Waals surface area contributed by atoms with Crippen molar-refractivity contribution < 1.29 is 13.9 Å². The molecule has 2 rings (SSSR count). The number of ether oxygens (including phenoxy) is 2. The zero-order valence-electron chi connectivity index (χ0n) is 11.7. The van der Waals surface area contributed by atoms with Crippen molar-refractivity contribution in [1.29, 1.82) is 0 Å². The summed E-state index contributed by atoms with van der Waals surface area (Å²) < 4.78 is 24.9. The van der Waals surface area contributed by atoms with Crippen molar-refractivity contribution in [3.05, 3.63) is 34.6 Å². The topological polar surface area (TPSA) is 30.5 Å². The van der Waals surface area contributed by atoms with Gasteiger partial charge in [-0.1, -0.05) is 30.7 Å². The van der Waals surface area contributed by atoms with Crippen molar-refractivity contribution in [1.82, 2.24) is 5.32 Å². The molecule has 1 fully saturated rings. The van der Waals surface area contributed by atoms with Gasteiger partial charge in [-0.05, 0) is 31.0 Å². The van der Waals surface area contributed by atoms with E-state index < -0.39 is 0 Å². The second kappa shape index (κ2) is 7.93. The molecular formula is C15H21ClFNO2. The summed E-state index contributed by atoms with van der Waals surface area (Å²) in [5.74, 6) is -0.328. The molecule has 0 bridgehead atoms. The second-order valence-corrected chi connectivity index (χ2v) is 5.38. The number of halogens is 2. The van der Waals surface area contributed by atoms with E-state index >= 15 is 0 Å². The first-order chi connectivity index (χ1) is 9.70. The van der Waals surface area contributed by atoms with Crippen molar-refractivity contribution in [3.63, 3.8) is 0 Å². The van der Waals surface area contributed by atoms with Gasteiger partial charge in [0.25, 0.3) is 0 Å². The molecule has 0 aromatic heterocycles. The normalized spacial score (nSPS) is 17.6. The van der Waals surface area contributed by atoms with Gasteiger partial charge in [-0.2, -0.15) is 0 Å². The molecule has 1 atom stereocenters. The SMILES string of the molecule is CCCNC(Cc1cccc(Cl)c1F)CC1OCCO1. The molecule has 1 heterocycles. The third-order valence-corrected chi connectivity index (χ3v) is 3.64. The third-order valence-electron chi connectivity index (χ3n) is 3.35. The minimum Gasteiger partial charge on any atom is -0.350 e. The van der Waals surface area contributed by atoms with Crippen LogP contribution in [0.5, 0.6) is 0 Å². The van der Waals surface area contributed by atoms with Gasteiger partial charge >= 0.3 is 0 Å². The van der Waals surface area contributed by atoms with Gasteiger partial charge < -0.3 is 14.8 Å². The minimum absolute atomic E-state index is 0.117. The molecule has 1 aromatic rings. The minimum atomic E-state index is -0.328. The first kappa shape index (κ1) is 15.7. The van der Waals surface area contributed by atoms with Gasteiger partial charge in [0, 0.05) is 12.5 Å². The highest BCUT2D eigenvalue weighted by molar-refractivity contribution is 6.30. The summed E-state index contributed by atoms with van der Waals surface area (Å²) in [5, 5.41) is 3.59. The van der Waals surface area contributed by atoms with Crippen LogP contribution in [0, 0.1) is 5.82 Å². The molecule has 1 aliphatic rings. The van der Waals surface area contributed by atoms with Gasteiger partial charge in [0.15, 0.2) is 6.29 Å². The summed E-state index contributed by atoms with van der Waals surface area (Å²) in [6, 6.07) is 5.24. The van der Waals surface area contributed by atoms with Crippen molar-refractivity contribution >= 4 is 11.6 Å². The molecular weight excluding hydrogens is 281 g/mol. The number of benzene rings is 1. The monoisotopic (exact) mass is 301 g/mol. The first-order valence-corrected chi connectivity index (χ1v) is 7.48. The van der Waals surface area contributed by atoms with E-state index in [2.05, 4.69) is 12.2 Å². The molecule has 1 N–H and O–H groups in total. The van der Waals surface area contributed by atoms with Crippen LogP contribution in [-0.4, -0.2) is 32.1 Å². The predicted octanol–water partition coefficient (Wildman–Crippen LogP) is 3.15. The molecule has 3 nitrogen and oxygen atoms in total. The summed E-state index contributed by atoms with van der Waals surface area (Å²) in [6.07, 6.45) is 2.13. The van der Waals surface area contributed by atoms with E-state index in [1.54, 1.807) is 18.2 Å². The number of hydrogen-bond acceptors (Lipinski definition) is 3. The quantitative estimate of drug-likeness (QED) is 0.839. The summed E-state index contributed by atoms with van der Waals surface area (Å²) in [7, 11) is 0. The Morgan fingerprint density at radius 3 is 2.85 bits per heavy atom. The number of hydrogen-bond donors (Lipinski definition) is 1. The average Bonchev–Trinajstić information content (AvgIpc) is 2.94. The molecule has 0 radical (unpaired) electrons. The lowest BCUT2D eigenvalue weighted by Crippen LogP contribution is -2.35.